The number of carbonyl (C=O) groups is 1. The number of ketones is 1. The van der Waals surface area contributed by atoms with Crippen molar-refractivity contribution < 1.29 is 4.79 Å². The molecule has 0 fully saturated rings. The summed E-state index contributed by atoms with van der Waals surface area (Å²) >= 11 is 0. The van der Waals surface area contributed by atoms with Crippen molar-refractivity contribution in [2.24, 2.45) is 5.92 Å². The molecule has 0 aliphatic carbocycles. The third-order valence-corrected chi connectivity index (χ3v) is 4.74. The first-order chi connectivity index (χ1) is 11.6. The van der Waals surface area contributed by atoms with Crippen LogP contribution in [0.25, 0.3) is 16.5 Å². The number of H-pyrrole nitrogens is 1. The lowest BCUT2D eigenvalue weighted by Crippen LogP contribution is -2.31. The van der Waals surface area contributed by atoms with Crippen molar-refractivity contribution in [3.63, 3.8) is 0 Å². The van der Waals surface area contributed by atoms with Gasteiger partial charge in [-0.1, -0.05) is 26.8 Å². The van der Waals surface area contributed by atoms with Crippen molar-refractivity contribution in [1.29, 1.82) is 0 Å². The predicted octanol–water partition coefficient (Wildman–Crippen LogP) is 4.90. The summed E-state index contributed by atoms with van der Waals surface area (Å²) in [5, 5.41) is 1.18. The van der Waals surface area contributed by atoms with Gasteiger partial charge in [0.1, 0.15) is 0 Å². The van der Waals surface area contributed by atoms with E-state index in [1.54, 1.807) is 0 Å². The fraction of sp³-hybridized carbons (Fsp3) is 0.476. The van der Waals surface area contributed by atoms with Crippen LogP contribution in [-0.4, -0.2) is 35.3 Å². The number of nitrogens with zero attached hydrogens (tertiary/aromatic N) is 1. The number of carbonyl (C=O) groups excluding carboxylic acids is 1. The van der Waals surface area contributed by atoms with Gasteiger partial charge in [-0.25, -0.2) is 0 Å². The van der Waals surface area contributed by atoms with Gasteiger partial charge in [-0.15, -0.1) is 0 Å². The molecule has 1 N–H and O–H groups in total. The van der Waals surface area contributed by atoms with E-state index in [-0.39, 0.29) is 5.78 Å². The number of rotatable bonds is 6. The number of hydrogen-bond acceptors (Lipinski definition) is 2. The average molecular weight is 324 g/mol. The third-order valence-electron chi connectivity index (χ3n) is 4.74. The molecule has 1 aromatic carbocycles. The maximum Gasteiger partial charge on any atom is 0.162 e. The Morgan fingerprint density at radius 1 is 1.33 bits per heavy atom. The van der Waals surface area contributed by atoms with E-state index in [9.17, 15) is 4.79 Å². The molecule has 2 aromatic rings. The van der Waals surface area contributed by atoms with Gasteiger partial charge in [0, 0.05) is 54.3 Å². The van der Waals surface area contributed by atoms with Crippen molar-refractivity contribution in [1.82, 2.24) is 9.88 Å². The second kappa shape index (κ2) is 7.35. The third kappa shape index (κ3) is 3.62. The topological polar surface area (TPSA) is 36.1 Å². The van der Waals surface area contributed by atoms with Crippen molar-refractivity contribution in [2.45, 2.75) is 40.0 Å². The fourth-order valence-electron chi connectivity index (χ4n) is 3.57. The molecule has 0 bridgehead atoms. The van der Waals surface area contributed by atoms with Crippen LogP contribution in [0.1, 0.15) is 56.0 Å². The molecule has 0 saturated carbocycles. The van der Waals surface area contributed by atoms with Crippen LogP contribution in [0.4, 0.5) is 0 Å². The van der Waals surface area contributed by atoms with Gasteiger partial charge < -0.3 is 4.98 Å². The molecule has 1 aliphatic rings. The van der Waals surface area contributed by atoms with Gasteiger partial charge in [-0.05, 0) is 42.5 Å². The second-order valence-corrected chi connectivity index (χ2v) is 7.27. The summed E-state index contributed by atoms with van der Waals surface area (Å²) in [7, 11) is 0. The minimum absolute atomic E-state index is 0.243. The molecule has 1 aliphatic heterocycles. The molecule has 0 unspecified atom stereocenters. The molecule has 1 aromatic heterocycles. The zero-order valence-electron chi connectivity index (χ0n) is 15.1. The Bertz CT molecular complexity index is 754. The van der Waals surface area contributed by atoms with Gasteiger partial charge >= 0.3 is 0 Å². The quantitative estimate of drug-likeness (QED) is 0.768. The van der Waals surface area contributed by atoms with Crippen LogP contribution in [0, 0.1) is 5.92 Å². The van der Waals surface area contributed by atoms with Crippen molar-refractivity contribution in [2.75, 3.05) is 19.6 Å². The molecule has 2 heterocycles. The summed E-state index contributed by atoms with van der Waals surface area (Å²) in [4.78, 5) is 18.1. The van der Waals surface area contributed by atoms with Crippen molar-refractivity contribution >= 4 is 22.3 Å². The van der Waals surface area contributed by atoms with E-state index in [1.807, 2.05) is 19.1 Å². The first-order valence-corrected chi connectivity index (χ1v) is 9.14. The van der Waals surface area contributed by atoms with E-state index in [0.29, 0.717) is 12.3 Å². The Hall–Kier alpha value is -1.87. The number of nitrogens with one attached hydrogen (secondary N) is 1. The van der Waals surface area contributed by atoms with Crippen LogP contribution in [0.2, 0.25) is 0 Å². The predicted molar refractivity (Wildman–Crippen MR) is 101 cm³/mol. The average Bonchev–Trinajstić information content (AvgIpc) is 2.98. The minimum atomic E-state index is 0.243. The van der Waals surface area contributed by atoms with Crippen LogP contribution in [0.3, 0.4) is 0 Å². The lowest BCUT2D eigenvalue weighted by molar-refractivity contribution is 0.0982. The van der Waals surface area contributed by atoms with Crippen LogP contribution >= 0.6 is 0 Å². The molecule has 24 heavy (non-hydrogen) atoms. The number of fused-ring (bicyclic) bond motifs is 1. The Balaban J connectivity index is 1.86. The van der Waals surface area contributed by atoms with E-state index in [2.05, 4.69) is 42.1 Å². The Morgan fingerprint density at radius 3 is 2.83 bits per heavy atom. The molecule has 3 rings (SSSR count). The number of aromatic amines is 1. The summed E-state index contributed by atoms with van der Waals surface area (Å²) in [6.45, 7) is 9.89. The first kappa shape index (κ1) is 17.0. The lowest BCUT2D eigenvalue weighted by atomic mass is 9.96. The number of hydrogen-bond donors (Lipinski definition) is 1. The van der Waals surface area contributed by atoms with Crippen molar-refractivity contribution in [3.05, 3.63) is 41.6 Å². The monoisotopic (exact) mass is 324 g/mol. The summed E-state index contributed by atoms with van der Waals surface area (Å²) in [5.74, 6) is 0.951. The van der Waals surface area contributed by atoms with E-state index in [4.69, 9.17) is 0 Å². The zero-order chi connectivity index (χ0) is 17.1. The van der Waals surface area contributed by atoms with E-state index >= 15 is 0 Å². The highest BCUT2D eigenvalue weighted by Gasteiger charge is 2.17. The summed E-state index contributed by atoms with van der Waals surface area (Å²) in [5.41, 5.74) is 4.62. The van der Waals surface area contributed by atoms with E-state index in [0.717, 1.165) is 43.6 Å². The van der Waals surface area contributed by atoms with Crippen LogP contribution in [0.15, 0.2) is 30.5 Å². The zero-order valence-corrected chi connectivity index (χ0v) is 15.1. The van der Waals surface area contributed by atoms with Crippen molar-refractivity contribution in [3.8, 4) is 0 Å². The highest BCUT2D eigenvalue weighted by molar-refractivity contribution is 6.02. The van der Waals surface area contributed by atoms with Crippen LogP contribution in [0.5, 0.6) is 0 Å². The SMILES string of the molecule is CCCC(=O)c1ccc2[nH]cc(C3=CCN(CC(C)C)CC3)c2c1. The van der Waals surface area contributed by atoms with Gasteiger partial charge in [-0.3, -0.25) is 9.69 Å². The summed E-state index contributed by atoms with van der Waals surface area (Å²) in [6, 6.07) is 6.05. The molecule has 0 atom stereocenters. The Labute approximate surface area is 144 Å². The molecule has 0 saturated heterocycles. The van der Waals surface area contributed by atoms with Gasteiger partial charge in [0.05, 0.1) is 0 Å². The standard InChI is InChI=1S/C21H28N2O/c1-4-5-21(24)17-6-7-20-18(12-17)19(13-22-20)16-8-10-23(11-9-16)14-15(2)3/h6-8,12-13,15,22H,4-5,9-11,14H2,1-3H3. The van der Waals surface area contributed by atoms with Crippen LogP contribution < -0.4 is 0 Å². The minimum Gasteiger partial charge on any atom is -0.361 e. The normalized spacial score (nSPS) is 15.9. The highest BCUT2D eigenvalue weighted by Crippen LogP contribution is 2.30. The van der Waals surface area contributed by atoms with E-state index in [1.165, 1.54) is 16.5 Å². The van der Waals surface area contributed by atoms with Gasteiger partial charge in [0.25, 0.3) is 0 Å². The molecule has 0 radical (unpaired) electrons. The molecule has 0 amide bonds. The largest absolute Gasteiger partial charge is 0.361 e. The summed E-state index contributed by atoms with van der Waals surface area (Å²) < 4.78 is 0. The molecular formula is C21H28N2O. The number of benzene rings is 1. The van der Waals surface area contributed by atoms with Gasteiger partial charge in [0.2, 0.25) is 0 Å². The maximum absolute atomic E-state index is 12.2. The molecule has 3 nitrogen and oxygen atoms in total. The Kier molecular flexibility index (Phi) is 5.20. The molecule has 3 heteroatoms. The highest BCUT2D eigenvalue weighted by atomic mass is 16.1. The molecular weight excluding hydrogens is 296 g/mol. The number of aromatic nitrogens is 1. The smallest absolute Gasteiger partial charge is 0.162 e. The first-order valence-electron chi connectivity index (χ1n) is 9.14. The maximum atomic E-state index is 12.2. The summed E-state index contributed by atoms with van der Waals surface area (Å²) in [6.07, 6.45) is 7.05. The lowest BCUT2D eigenvalue weighted by Gasteiger charge is -2.27. The fourth-order valence-corrected chi connectivity index (χ4v) is 3.57. The van der Waals surface area contributed by atoms with Crippen LogP contribution in [-0.2, 0) is 0 Å². The van der Waals surface area contributed by atoms with Gasteiger partial charge in [-0.2, -0.15) is 0 Å². The second-order valence-electron chi connectivity index (χ2n) is 7.27. The molecule has 0 spiro atoms. The number of Topliss-reactive ketones (excluding diaryl/α,β-unsaturated/α-hetero) is 1. The van der Waals surface area contributed by atoms with E-state index < -0.39 is 0 Å². The molecule has 128 valence electrons. The Morgan fingerprint density at radius 2 is 2.17 bits per heavy atom. The van der Waals surface area contributed by atoms with Gasteiger partial charge in [0.15, 0.2) is 5.78 Å².